The molecule has 0 bridgehead atoms. The minimum Gasteiger partial charge on any atom is -0.493 e. The van der Waals surface area contributed by atoms with Gasteiger partial charge in [0.05, 0.1) is 14.2 Å². The highest BCUT2D eigenvalue weighted by Crippen LogP contribution is 2.28. The number of rotatable bonds is 2. The molecule has 1 aromatic rings. The van der Waals surface area contributed by atoms with E-state index in [1.807, 2.05) is 0 Å². The van der Waals surface area contributed by atoms with Crippen LogP contribution in [0.25, 0.3) is 0 Å². The summed E-state index contributed by atoms with van der Waals surface area (Å²) in [5.74, 6) is 1.39. The minimum atomic E-state index is 0.681. The minimum absolute atomic E-state index is 0.681. The third kappa shape index (κ3) is 1.74. The Kier molecular flexibility index (Phi) is 2.54. The second-order valence-electron chi connectivity index (χ2n) is 2.02. The van der Waals surface area contributed by atoms with E-state index in [9.17, 15) is 0 Å². The molecular weight excluding hydrogens is 160 g/mol. The summed E-state index contributed by atoms with van der Waals surface area (Å²) in [5, 5.41) is 0. The van der Waals surface area contributed by atoms with Gasteiger partial charge in [-0.1, -0.05) is 12.6 Å². The quantitative estimate of drug-likeness (QED) is 0.676. The fourth-order valence-electron chi connectivity index (χ4n) is 0.817. The van der Waals surface area contributed by atoms with Crippen molar-refractivity contribution in [3.05, 3.63) is 18.2 Å². The van der Waals surface area contributed by atoms with Crippen molar-refractivity contribution in [2.45, 2.75) is 4.90 Å². The number of benzene rings is 1. The molecule has 1 aromatic carbocycles. The Labute approximate surface area is 71.5 Å². The molecule has 0 saturated carbocycles. The molecular formula is C8H9O2S. The van der Waals surface area contributed by atoms with Gasteiger partial charge >= 0.3 is 0 Å². The molecule has 11 heavy (non-hydrogen) atoms. The number of hydrogen-bond acceptors (Lipinski definition) is 2. The molecule has 0 aliphatic carbocycles. The van der Waals surface area contributed by atoms with Crippen LogP contribution in [-0.4, -0.2) is 14.2 Å². The van der Waals surface area contributed by atoms with Crippen molar-refractivity contribution in [3.8, 4) is 11.5 Å². The molecule has 0 atom stereocenters. The maximum Gasteiger partial charge on any atom is 0.162 e. The first-order valence-corrected chi connectivity index (χ1v) is 3.58. The molecule has 0 aliphatic heterocycles. The van der Waals surface area contributed by atoms with E-state index in [2.05, 4.69) is 0 Å². The van der Waals surface area contributed by atoms with Gasteiger partial charge in [-0.25, -0.2) is 0 Å². The fraction of sp³-hybridized carbons (Fsp3) is 0.250. The Balaban J connectivity index is 3.06. The van der Waals surface area contributed by atoms with Crippen LogP contribution in [0.4, 0.5) is 0 Å². The first-order valence-electron chi connectivity index (χ1n) is 3.17. The molecule has 1 rings (SSSR count). The summed E-state index contributed by atoms with van der Waals surface area (Å²) >= 11 is 4.94. The Morgan fingerprint density at radius 2 is 1.73 bits per heavy atom. The molecule has 3 heteroatoms. The van der Waals surface area contributed by atoms with Gasteiger partial charge in [0.1, 0.15) is 0 Å². The molecule has 0 unspecified atom stereocenters. The highest BCUT2D eigenvalue weighted by molar-refractivity contribution is 7.80. The summed E-state index contributed by atoms with van der Waals surface area (Å²) < 4.78 is 10.0. The maximum atomic E-state index is 5.03. The van der Waals surface area contributed by atoms with Gasteiger partial charge < -0.3 is 9.47 Å². The molecule has 0 aromatic heterocycles. The van der Waals surface area contributed by atoms with E-state index in [4.69, 9.17) is 22.1 Å². The Morgan fingerprint density at radius 3 is 2.27 bits per heavy atom. The summed E-state index contributed by atoms with van der Waals surface area (Å²) in [7, 11) is 3.19. The molecule has 59 valence electrons. The van der Waals surface area contributed by atoms with Crippen molar-refractivity contribution in [3.63, 3.8) is 0 Å². The van der Waals surface area contributed by atoms with E-state index in [0.29, 0.717) is 11.5 Å². The predicted octanol–water partition coefficient (Wildman–Crippen LogP) is 2.26. The highest BCUT2D eigenvalue weighted by Gasteiger charge is 2.01. The molecule has 0 aliphatic rings. The van der Waals surface area contributed by atoms with Crippen LogP contribution >= 0.6 is 12.6 Å². The summed E-state index contributed by atoms with van der Waals surface area (Å²) in [6.45, 7) is 0. The third-order valence-corrected chi connectivity index (χ3v) is 1.61. The molecule has 0 fully saturated rings. The van der Waals surface area contributed by atoms with Gasteiger partial charge in [-0.15, -0.1) is 0 Å². The van der Waals surface area contributed by atoms with Gasteiger partial charge in [0.25, 0.3) is 0 Å². The van der Waals surface area contributed by atoms with Gasteiger partial charge in [-0.3, -0.25) is 0 Å². The molecule has 2 nitrogen and oxygen atoms in total. The van der Waals surface area contributed by atoms with E-state index in [0.717, 1.165) is 4.90 Å². The zero-order valence-corrected chi connectivity index (χ0v) is 7.27. The fourth-order valence-corrected chi connectivity index (χ4v) is 0.992. The van der Waals surface area contributed by atoms with E-state index in [1.54, 1.807) is 32.4 Å². The average molecular weight is 169 g/mol. The van der Waals surface area contributed by atoms with Crippen LogP contribution in [0.3, 0.4) is 0 Å². The van der Waals surface area contributed by atoms with Gasteiger partial charge in [-0.2, -0.15) is 0 Å². The highest BCUT2D eigenvalue weighted by atomic mass is 32.1. The maximum absolute atomic E-state index is 5.03. The van der Waals surface area contributed by atoms with E-state index in [-0.39, 0.29) is 0 Å². The number of ether oxygens (including phenoxy) is 2. The standard InChI is InChI=1S/C8H9O2S/c1-9-7-4-3-6(11)5-8(7)10-2/h3-5H,1-2H3. The lowest BCUT2D eigenvalue weighted by Crippen LogP contribution is -1.89. The van der Waals surface area contributed by atoms with Crippen LogP contribution in [0, 0.1) is 0 Å². The van der Waals surface area contributed by atoms with Crippen LogP contribution < -0.4 is 9.47 Å². The monoisotopic (exact) mass is 169 g/mol. The molecule has 0 saturated heterocycles. The second-order valence-corrected chi connectivity index (χ2v) is 2.49. The van der Waals surface area contributed by atoms with E-state index >= 15 is 0 Å². The first-order chi connectivity index (χ1) is 5.27. The number of methoxy groups -OCH3 is 2. The van der Waals surface area contributed by atoms with Crippen LogP contribution in [0.1, 0.15) is 0 Å². The normalized spacial score (nSPS) is 9.27. The number of hydrogen-bond donors (Lipinski definition) is 0. The van der Waals surface area contributed by atoms with Crippen LogP contribution in [-0.2, 0) is 0 Å². The van der Waals surface area contributed by atoms with Crippen molar-refractivity contribution in [1.82, 2.24) is 0 Å². The molecule has 1 radical (unpaired) electrons. The van der Waals surface area contributed by atoms with Gasteiger partial charge in [0, 0.05) is 11.0 Å². The largest absolute Gasteiger partial charge is 0.493 e. The SMILES string of the molecule is COc1ccc([S])cc1OC. The summed E-state index contributed by atoms with van der Waals surface area (Å²) in [6, 6.07) is 5.35. The van der Waals surface area contributed by atoms with Gasteiger partial charge in [-0.05, 0) is 12.1 Å². The smallest absolute Gasteiger partial charge is 0.162 e. The Hall–Kier alpha value is -0.960. The van der Waals surface area contributed by atoms with Crippen molar-refractivity contribution < 1.29 is 9.47 Å². The van der Waals surface area contributed by atoms with Gasteiger partial charge in [0.2, 0.25) is 0 Å². The molecule has 0 heterocycles. The van der Waals surface area contributed by atoms with Crippen molar-refractivity contribution in [2.75, 3.05) is 14.2 Å². The zero-order valence-electron chi connectivity index (χ0n) is 6.46. The van der Waals surface area contributed by atoms with Crippen molar-refractivity contribution in [1.29, 1.82) is 0 Å². The first kappa shape index (κ1) is 8.14. The van der Waals surface area contributed by atoms with E-state index < -0.39 is 0 Å². The summed E-state index contributed by atoms with van der Waals surface area (Å²) in [4.78, 5) is 0.752. The third-order valence-electron chi connectivity index (χ3n) is 1.36. The lowest BCUT2D eigenvalue weighted by molar-refractivity contribution is 0.354. The topological polar surface area (TPSA) is 18.5 Å². The average Bonchev–Trinajstić information content (AvgIpc) is 2.04. The predicted molar refractivity (Wildman–Crippen MR) is 45.4 cm³/mol. The lowest BCUT2D eigenvalue weighted by Gasteiger charge is -2.06. The Morgan fingerprint density at radius 1 is 1.09 bits per heavy atom. The molecule has 0 N–H and O–H groups in total. The Bertz CT molecular complexity index is 248. The van der Waals surface area contributed by atoms with Crippen LogP contribution in [0.15, 0.2) is 23.1 Å². The summed E-state index contributed by atoms with van der Waals surface area (Å²) in [5.41, 5.74) is 0. The van der Waals surface area contributed by atoms with Gasteiger partial charge in [0.15, 0.2) is 11.5 Å². The molecule has 0 amide bonds. The zero-order chi connectivity index (χ0) is 8.27. The van der Waals surface area contributed by atoms with Crippen LogP contribution in [0.2, 0.25) is 0 Å². The van der Waals surface area contributed by atoms with Crippen molar-refractivity contribution >= 4 is 12.6 Å². The summed E-state index contributed by atoms with van der Waals surface area (Å²) in [6.07, 6.45) is 0. The molecule has 0 spiro atoms. The second kappa shape index (κ2) is 3.44. The van der Waals surface area contributed by atoms with E-state index in [1.165, 1.54) is 0 Å². The van der Waals surface area contributed by atoms with Crippen molar-refractivity contribution in [2.24, 2.45) is 0 Å². The lowest BCUT2D eigenvalue weighted by atomic mass is 10.3. The van der Waals surface area contributed by atoms with Crippen LogP contribution in [0.5, 0.6) is 11.5 Å².